The molecule has 0 heterocycles. The highest BCUT2D eigenvalue weighted by Crippen LogP contribution is 2.23. The Labute approximate surface area is 258 Å². The van der Waals surface area contributed by atoms with Gasteiger partial charge in [-0.2, -0.15) is 0 Å². The number of hydrogen-bond acceptors (Lipinski definition) is 4. The van der Waals surface area contributed by atoms with E-state index in [9.17, 15) is 14.0 Å². The molecule has 3 aromatic rings. The van der Waals surface area contributed by atoms with Gasteiger partial charge >= 0.3 is 11.9 Å². The van der Waals surface area contributed by atoms with Crippen LogP contribution in [0, 0.1) is 0 Å². The lowest BCUT2D eigenvalue weighted by molar-refractivity contribution is -0.0195. The number of halogens is 1. The summed E-state index contributed by atoms with van der Waals surface area (Å²) < 4.78 is 24.6. The highest BCUT2D eigenvalue weighted by Gasteiger charge is 2.16. The average molecular weight is 589 g/mol. The second-order valence-electron chi connectivity index (χ2n) is 11.4. The molecule has 0 aliphatic carbocycles. The molecule has 0 saturated carbocycles. The first-order chi connectivity index (χ1) is 21.0. The molecule has 5 heteroatoms. The number of esters is 2. The molecule has 0 bridgehead atoms. The van der Waals surface area contributed by atoms with E-state index in [0.717, 1.165) is 30.4 Å². The fourth-order valence-electron chi connectivity index (χ4n) is 5.10. The molecule has 1 unspecified atom stereocenters. The zero-order valence-corrected chi connectivity index (χ0v) is 26.1. The van der Waals surface area contributed by atoms with Crippen molar-refractivity contribution in [3.63, 3.8) is 0 Å². The average Bonchev–Trinajstić information content (AvgIpc) is 3.03. The van der Waals surface area contributed by atoms with E-state index in [-0.39, 0.29) is 12.0 Å². The molecule has 232 valence electrons. The standard InChI is InChI=1S/C38H49FO4/c1-3-5-7-9-11-13-15-17-36(39)43-38(41)34-26-28-35(29-27-34)42-37(40)33-24-22-32(23-25-33)31-20-18-30(19-21-31)16-14-12-10-8-6-4-2/h18-29,36H,3-17H2,1-2H3. The van der Waals surface area contributed by atoms with Crippen LogP contribution in [-0.4, -0.2) is 18.3 Å². The Morgan fingerprint density at radius 1 is 0.581 bits per heavy atom. The van der Waals surface area contributed by atoms with Crippen LogP contribution < -0.4 is 4.74 Å². The predicted molar refractivity (Wildman–Crippen MR) is 173 cm³/mol. The van der Waals surface area contributed by atoms with Gasteiger partial charge in [0.15, 0.2) is 0 Å². The van der Waals surface area contributed by atoms with Crippen molar-refractivity contribution in [1.29, 1.82) is 0 Å². The SMILES string of the molecule is CCCCCCCCCC(F)OC(=O)c1ccc(OC(=O)c2ccc(-c3ccc(CCCCCCCC)cc3)cc2)cc1. The van der Waals surface area contributed by atoms with Crippen LogP contribution in [0.1, 0.15) is 130 Å². The van der Waals surface area contributed by atoms with Crippen molar-refractivity contribution in [2.75, 3.05) is 0 Å². The maximum atomic E-state index is 14.1. The van der Waals surface area contributed by atoms with E-state index in [1.807, 2.05) is 12.1 Å². The monoisotopic (exact) mass is 588 g/mol. The molecule has 43 heavy (non-hydrogen) atoms. The van der Waals surface area contributed by atoms with Gasteiger partial charge in [-0.1, -0.05) is 121 Å². The molecule has 0 fully saturated rings. The largest absolute Gasteiger partial charge is 0.428 e. The van der Waals surface area contributed by atoms with Crippen LogP contribution in [0.5, 0.6) is 5.75 Å². The number of carbonyl (C=O) groups is 2. The Morgan fingerprint density at radius 3 is 1.63 bits per heavy atom. The van der Waals surface area contributed by atoms with Crippen molar-refractivity contribution >= 4 is 11.9 Å². The van der Waals surface area contributed by atoms with Crippen molar-refractivity contribution in [1.82, 2.24) is 0 Å². The number of ether oxygens (including phenoxy) is 2. The lowest BCUT2D eigenvalue weighted by Crippen LogP contribution is -2.14. The molecule has 0 amide bonds. The third kappa shape index (κ3) is 12.7. The lowest BCUT2D eigenvalue weighted by atomic mass is 10.00. The van der Waals surface area contributed by atoms with E-state index in [1.54, 1.807) is 12.1 Å². The molecule has 4 nitrogen and oxygen atoms in total. The topological polar surface area (TPSA) is 52.6 Å². The summed E-state index contributed by atoms with van der Waals surface area (Å²) in [5.41, 5.74) is 4.13. The molecule has 3 rings (SSSR count). The molecule has 0 radical (unpaired) electrons. The second-order valence-corrected chi connectivity index (χ2v) is 11.4. The number of aryl methyl sites for hydroxylation is 1. The maximum Gasteiger partial charge on any atom is 0.343 e. The number of alkyl halides is 1. The summed E-state index contributed by atoms with van der Waals surface area (Å²) in [6, 6.07) is 21.9. The molecular weight excluding hydrogens is 539 g/mol. The highest BCUT2D eigenvalue weighted by molar-refractivity contribution is 5.92. The van der Waals surface area contributed by atoms with E-state index < -0.39 is 18.3 Å². The minimum absolute atomic E-state index is 0.207. The van der Waals surface area contributed by atoms with E-state index >= 15 is 0 Å². The summed E-state index contributed by atoms with van der Waals surface area (Å²) in [7, 11) is 0. The molecule has 3 aromatic carbocycles. The van der Waals surface area contributed by atoms with E-state index in [4.69, 9.17) is 9.47 Å². The van der Waals surface area contributed by atoms with E-state index in [1.165, 1.54) is 94.0 Å². The second kappa shape index (κ2) is 19.7. The van der Waals surface area contributed by atoms with Crippen LogP contribution in [0.2, 0.25) is 0 Å². The first-order valence-corrected chi connectivity index (χ1v) is 16.4. The van der Waals surface area contributed by atoms with Gasteiger partial charge in [0.2, 0.25) is 6.36 Å². The normalized spacial score (nSPS) is 11.7. The summed E-state index contributed by atoms with van der Waals surface area (Å²) in [4.78, 5) is 25.0. The molecule has 0 aliphatic heterocycles. The molecular formula is C38H49FO4. The Bertz CT molecular complexity index is 1200. The lowest BCUT2D eigenvalue weighted by Gasteiger charge is -2.11. The highest BCUT2D eigenvalue weighted by atomic mass is 19.1. The van der Waals surface area contributed by atoms with Gasteiger partial charge in [0.05, 0.1) is 11.1 Å². The molecule has 0 spiro atoms. The Hall–Kier alpha value is -3.47. The van der Waals surface area contributed by atoms with Gasteiger partial charge in [-0.15, -0.1) is 0 Å². The van der Waals surface area contributed by atoms with Gasteiger partial charge in [-0.25, -0.2) is 14.0 Å². The molecule has 0 aromatic heterocycles. The van der Waals surface area contributed by atoms with Gasteiger partial charge in [-0.3, -0.25) is 0 Å². The third-order valence-corrected chi connectivity index (χ3v) is 7.80. The van der Waals surface area contributed by atoms with Crippen molar-refractivity contribution in [3.05, 3.63) is 89.5 Å². The molecule has 0 aliphatic rings. The van der Waals surface area contributed by atoms with Crippen LogP contribution >= 0.6 is 0 Å². The Balaban J connectivity index is 1.41. The number of hydrogen-bond donors (Lipinski definition) is 0. The summed E-state index contributed by atoms with van der Waals surface area (Å²) in [5, 5.41) is 0. The van der Waals surface area contributed by atoms with Crippen LogP contribution in [0.4, 0.5) is 4.39 Å². The minimum Gasteiger partial charge on any atom is -0.428 e. The quantitative estimate of drug-likeness (QED) is 0.0748. The fourth-order valence-corrected chi connectivity index (χ4v) is 5.10. The van der Waals surface area contributed by atoms with Gasteiger partial charge in [0, 0.05) is 6.42 Å². The Morgan fingerprint density at radius 2 is 1.05 bits per heavy atom. The van der Waals surface area contributed by atoms with Gasteiger partial charge in [-0.05, 0) is 72.4 Å². The molecule has 0 N–H and O–H groups in total. The van der Waals surface area contributed by atoms with Gasteiger partial charge < -0.3 is 9.47 Å². The zero-order valence-electron chi connectivity index (χ0n) is 26.1. The van der Waals surface area contributed by atoms with Crippen molar-refractivity contribution in [2.24, 2.45) is 0 Å². The number of carbonyl (C=O) groups excluding carboxylic acids is 2. The first-order valence-electron chi connectivity index (χ1n) is 16.4. The number of unbranched alkanes of at least 4 members (excludes halogenated alkanes) is 11. The van der Waals surface area contributed by atoms with Crippen molar-refractivity contribution < 1.29 is 23.5 Å². The minimum atomic E-state index is -1.62. The third-order valence-electron chi connectivity index (χ3n) is 7.80. The van der Waals surface area contributed by atoms with Crippen molar-refractivity contribution in [3.8, 4) is 16.9 Å². The summed E-state index contributed by atoms with van der Waals surface area (Å²) in [5.74, 6) is -0.916. The van der Waals surface area contributed by atoms with E-state index in [0.29, 0.717) is 17.7 Å². The van der Waals surface area contributed by atoms with Crippen LogP contribution in [0.15, 0.2) is 72.8 Å². The van der Waals surface area contributed by atoms with Gasteiger partial charge in [0.25, 0.3) is 0 Å². The number of benzene rings is 3. The summed E-state index contributed by atoms with van der Waals surface area (Å²) in [6.45, 7) is 4.42. The van der Waals surface area contributed by atoms with Gasteiger partial charge in [0.1, 0.15) is 5.75 Å². The van der Waals surface area contributed by atoms with Crippen LogP contribution in [-0.2, 0) is 11.2 Å². The number of rotatable bonds is 20. The summed E-state index contributed by atoms with van der Waals surface area (Å²) >= 11 is 0. The van der Waals surface area contributed by atoms with Crippen molar-refractivity contribution in [2.45, 2.75) is 117 Å². The molecule has 0 saturated heterocycles. The zero-order chi connectivity index (χ0) is 30.7. The first kappa shape index (κ1) is 34.0. The molecule has 1 atom stereocenters. The smallest absolute Gasteiger partial charge is 0.343 e. The van der Waals surface area contributed by atoms with Crippen LogP contribution in [0.3, 0.4) is 0 Å². The van der Waals surface area contributed by atoms with E-state index in [2.05, 4.69) is 38.1 Å². The fraction of sp³-hybridized carbons (Fsp3) is 0.474. The maximum absolute atomic E-state index is 14.1. The van der Waals surface area contributed by atoms with Crippen LogP contribution in [0.25, 0.3) is 11.1 Å². The Kier molecular flexibility index (Phi) is 15.6. The predicted octanol–water partition coefficient (Wildman–Crippen LogP) is 11.1. The summed E-state index contributed by atoms with van der Waals surface area (Å²) in [6.07, 6.45) is 15.0.